The summed E-state index contributed by atoms with van der Waals surface area (Å²) in [6, 6.07) is 11.6. The van der Waals surface area contributed by atoms with Crippen LogP contribution in [0, 0.1) is 6.92 Å². The van der Waals surface area contributed by atoms with E-state index in [1.807, 2.05) is 29.8 Å². The van der Waals surface area contributed by atoms with Crippen LogP contribution in [0.2, 0.25) is 0 Å². The summed E-state index contributed by atoms with van der Waals surface area (Å²) >= 11 is 0. The Kier molecular flexibility index (Phi) is 6.67. The van der Waals surface area contributed by atoms with Gasteiger partial charge in [0.15, 0.2) is 0 Å². The molecule has 1 amide bonds. The summed E-state index contributed by atoms with van der Waals surface area (Å²) in [6.07, 6.45) is 5.84. The fourth-order valence-corrected chi connectivity index (χ4v) is 4.19. The van der Waals surface area contributed by atoms with Crippen molar-refractivity contribution >= 4 is 17.4 Å². The topological polar surface area (TPSA) is 93.9 Å². The third-order valence-electron chi connectivity index (χ3n) is 5.97. The van der Waals surface area contributed by atoms with Crippen LogP contribution < -0.4 is 9.47 Å². The quantitative estimate of drug-likeness (QED) is 0.312. The zero-order valence-electron chi connectivity index (χ0n) is 19.4. The van der Waals surface area contributed by atoms with Crippen molar-refractivity contribution in [3.63, 3.8) is 0 Å². The summed E-state index contributed by atoms with van der Waals surface area (Å²) < 4.78 is 12.8. The second-order valence-corrected chi connectivity index (χ2v) is 8.12. The number of hydrogen-bond acceptors (Lipinski definition) is 6. The fraction of sp³-hybridized carbons (Fsp3) is 0.269. The van der Waals surface area contributed by atoms with Gasteiger partial charge < -0.3 is 24.0 Å². The lowest BCUT2D eigenvalue weighted by Gasteiger charge is -2.27. The molecule has 0 spiro atoms. The Morgan fingerprint density at radius 3 is 2.47 bits per heavy atom. The first-order valence-electron chi connectivity index (χ1n) is 11.0. The molecule has 1 fully saturated rings. The molecule has 2 heterocycles. The Morgan fingerprint density at radius 2 is 1.82 bits per heavy atom. The molecule has 1 unspecified atom stereocenters. The first-order valence-corrected chi connectivity index (χ1v) is 11.0. The number of Topliss-reactive ketones (excluding diaryl/α,β-unsaturated/α-hetero) is 1. The summed E-state index contributed by atoms with van der Waals surface area (Å²) in [5, 5.41) is 11.2. The van der Waals surface area contributed by atoms with E-state index >= 15 is 0 Å². The van der Waals surface area contributed by atoms with E-state index in [0.717, 1.165) is 5.56 Å². The molecule has 0 bridgehead atoms. The van der Waals surface area contributed by atoms with E-state index in [0.29, 0.717) is 42.1 Å². The minimum Gasteiger partial charge on any atom is -0.507 e. The summed E-state index contributed by atoms with van der Waals surface area (Å²) in [6.45, 7) is 2.88. The van der Waals surface area contributed by atoms with Crippen LogP contribution in [0.5, 0.6) is 11.5 Å². The first-order chi connectivity index (χ1) is 16.4. The molecule has 1 atom stereocenters. The van der Waals surface area contributed by atoms with E-state index in [4.69, 9.17) is 9.47 Å². The van der Waals surface area contributed by atoms with Crippen LogP contribution in [0.1, 0.15) is 29.2 Å². The number of hydrogen-bond donors (Lipinski definition) is 1. The van der Waals surface area contributed by atoms with E-state index in [2.05, 4.69) is 4.98 Å². The van der Waals surface area contributed by atoms with Crippen LogP contribution in [0.15, 0.2) is 66.8 Å². The van der Waals surface area contributed by atoms with Crippen LogP contribution in [-0.4, -0.2) is 52.0 Å². The number of ether oxygens (including phenoxy) is 2. The number of imidazole rings is 1. The van der Waals surface area contributed by atoms with E-state index < -0.39 is 17.7 Å². The third-order valence-corrected chi connectivity index (χ3v) is 5.97. The van der Waals surface area contributed by atoms with E-state index in [1.165, 1.54) is 12.0 Å². The van der Waals surface area contributed by atoms with Crippen molar-refractivity contribution in [3.8, 4) is 11.5 Å². The molecule has 1 aromatic heterocycles. The number of aromatic nitrogens is 2. The van der Waals surface area contributed by atoms with E-state index in [9.17, 15) is 14.7 Å². The Balaban J connectivity index is 1.79. The number of aliphatic hydroxyl groups excluding tert-OH is 1. The third kappa shape index (κ3) is 4.39. The monoisotopic (exact) mass is 461 g/mol. The highest BCUT2D eigenvalue weighted by Crippen LogP contribution is 2.43. The number of carbonyl (C=O) groups excluding carboxylic acids is 2. The number of ketones is 1. The van der Waals surface area contributed by atoms with Crippen LogP contribution in [-0.2, 0) is 16.1 Å². The SMILES string of the molecule is COc1ccc(C2C(=C(O)c3ccc(C)cc3)C(=O)C(=O)N2CCCn2ccnc2)c(OC)c1. The van der Waals surface area contributed by atoms with Gasteiger partial charge in [0.2, 0.25) is 0 Å². The molecule has 0 aliphatic carbocycles. The minimum absolute atomic E-state index is 0.0416. The standard InChI is InChI=1S/C26H27N3O5/c1-17-5-7-18(8-6-17)24(30)22-23(20-10-9-19(33-2)15-21(20)34-3)29(26(32)25(22)31)13-4-12-28-14-11-27-16-28/h5-11,14-16,23,30H,4,12-13H2,1-3H3. The summed E-state index contributed by atoms with van der Waals surface area (Å²) in [4.78, 5) is 31.9. The largest absolute Gasteiger partial charge is 0.507 e. The summed E-state index contributed by atoms with van der Waals surface area (Å²) in [5.74, 6) is -0.541. The molecule has 34 heavy (non-hydrogen) atoms. The molecule has 176 valence electrons. The number of carbonyl (C=O) groups is 2. The molecule has 0 saturated carbocycles. The van der Waals surface area contributed by atoms with Crippen molar-refractivity contribution in [2.45, 2.75) is 25.9 Å². The van der Waals surface area contributed by atoms with Crippen molar-refractivity contribution in [2.24, 2.45) is 0 Å². The highest BCUT2D eigenvalue weighted by Gasteiger charge is 2.46. The van der Waals surface area contributed by atoms with Gasteiger partial charge in [0.1, 0.15) is 17.3 Å². The van der Waals surface area contributed by atoms with Gasteiger partial charge in [-0.1, -0.05) is 29.8 Å². The molecule has 1 N–H and O–H groups in total. The van der Waals surface area contributed by atoms with Gasteiger partial charge in [0, 0.05) is 42.7 Å². The van der Waals surface area contributed by atoms with Gasteiger partial charge in [-0.3, -0.25) is 9.59 Å². The molecule has 1 saturated heterocycles. The number of aryl methyl sites for hydroxylation is 2. The number of amides is 1. The minimum atomic E-state index is -0.801. The Bertz CT molecular complexity index is 1220. The van der Waals surface area contributed by atoms with Gasteiger partial charge in [-0.05, 0) is 25.5 Å². The number of likely N-dealkylation sites (tertiary alicyclic amines) is 1. The maximum atomic E-state index is 13.2. The number of rotatable bonds is 8. The number of nitrogens with zero attached hydrogens (tertiary/aromatic N) is 3. The average Bonchev–Trinajstić information content (AvgIpc) is 3.46. The van der Waals surface area contributed by atoms with Crippen molar-refractivity contribution < 1.29 is 24.2 Å². The normalized spacial score (nSPS) is 17.3. The van der Waals surface area contributed by atoms with Gasteiger partial charge in [-0.25, -0.2) is 4.98 Å². The lowest BCUT2D eigenvalue weighted by molar-refractivity contribution is -0.140. The predicted octanol–water partition coefficient (Wildman–Crippen LogP) is 3.72. The zero-order valence-corrected chi connectivity index (χ0v) is 19.4. The van der Waals surface area contributed by atoms with Crippen LogP contribution >= 0.6 is 0 Å². The Hall–Kier alpha value is -4.07. The maximum absolute atomic E-state index is 13.2. The number of methoxy groups -OCH3 is 2. The number of benzene rings is 2. The highest BCUT2D eigenvalue weighted by atomic mass is 16.5. The average molecular weight is 462 g/mol. The van der Waals surface area contributed by atoms with Crippen molar-refractivity contribution in [3.05, 3.63) is 83.4 Å². The molecule has 2 aromatic carbocycles. The molecular weight excluding hydrogens is 434 g/mol. The Morgan fingerprint density at radius 1 is 1.06 bits per heavy atom. The van der Waals surface area contributed by atoms with Crippen molar-refractivity contribution in [1.82, 2.24) is 14.5 Å². The van der Waals surface area contributed by atoms with Crippen LogP contribution in [0.4, 0.5) is 0 Å². The molecular formula is C26H27N3O5. The van der Waals surface area contributed by atoms with E-state index in [1.54, 1.807) is 50.0 Å². The smallest absolute Gasteiger partial charge is 0.295 e. The van der Waals surface area contributed by atoms with Gasteiger partial charge in [-0.15, -0.1) is 0 Å². The van der Waals surface area contributed by atoms with E-state index in [-0.39, 0.29) is 11.3 Å². The van der Waals surface area contributed by atoms with Gasteiger partial charge in [-0.2, -0.15) is 0 Å². The summed E-state index contributed by atoms with van der Waals surface area (Å²) in [7, 11) is 3.07. The molecule has 4 rings (SSSR count). The van der Waals surface area contributed by atoms with Gasteiger partial charge in [0.05, 0.1) is 32.2 Å². The zero-order chi connectivity index (χ0) is 24.2. The molecule has 3 aromatic rings. The molecule has 8 heteroatoms. The number of aliphatic hydroxyl groups is 1. The maximum Gasteiger partial charge on any atom is 0.295 e. The van der Waals surface area contributed by atoms with Crippen LogP contribution in [0.25, 0.3) is 5.76 Å². The predicted molar refractivity (Wildman–Crippen MR) is 127 cm³/mol. The van der Waals surface area contributed by atoms with Gasteiger partial charge in [0.25, 0.3) is 11.7 Å². The molecule has 0 radical (unpaired) electrons. The first kappa shape index (κ1) is 23.1. The lowest BCUT2D eigenvalue weighted by atomic mass is 9.94. The van der Waals surface area contributed by atoms with Crippen LogP contribution in [0.3, 0.4) is 0 Å². The molecule has 1 aliphatic heterocycles. The van der Waals surface area contributed by atoms with Gasteiger partial charge >= 0.3 is 0 Å². The molecule has 8 nitrogen and oxygen atoms in total. The lowest BCUT2D eigenvalue weighted by Crippen LogP contribution is -2.31. The van der Waals surface area contributed by atoms with Crippen molar-refractivity contribution in [1.29, 1.82) is 0 Å². The fourth-order valence-electron chi connectivity index (χ4n) is 4.19. The second kappa shape index (κ2) is 9.82. The Labute approximate surface area is 198 Å². The highest BCUT2D eigenvalue weighted by molar-refractivity contribution is 6.46. The second-order valence-electron chi connectivity index (χ2n) is 8.12. The van der Waals surface area contributed by atoms with Crippen molar-refractivity contribution in [2.75, 3.05) is 20.8 Å². The summed E-state index contributed by atoms with van der Waals surface area (Å²) in [5.41, 5.74) is 2.13. The molecule has 1 aliphatic rings.